The number of amides is 2. The van der Waals surface area contributed by atoms with E-state index >= 15 is 0 Å². The van der Waals surface area contributed by atoms with Gasteiger partial charge in [-0.05, 0) is 19.1 Å². The Hall–Kier alpha value is -2.78. The highest BCUT2D eigenvalue weighted by Crippen LogP contribution is 2.29. The number of ether oxygens (including phenoxy) is 3. The second-order valence-electron chi connectivity index (χ2n) is 6.28. The summed E-state index contributed by atoms with van der Waals surface area (Å²) in [4.78, 5) is 53.0. The van der Waals surface area contributed by atoms with Gasteiger partial charge in [-0.1, -0.05) is 12.1 Å². The maximum atomic E-state index is 12.4. The number of imide groups is 1. The van der Waals surface area contributed by atoms with Crippen molar-refractivity contribution in [2.75, 3.05) is 0 Å². The SMILES string of the molecule is CC(=O)O[C@@H]1[C@H](C)OC(ON2C(=O)c3ccccc3C2=O)C[C@@H]1OC(C)=O. The second kappa shape index (κ2) is 7.45. The molecule has 1 aromatic carbocycles. The quantitative estimate of drug-likeness (QED) is 0.569. The molecule has 4 atom stereocenters. The maximum absolute atomic E-state index is 12.4. The molecule has 0 aliphatic carbocycles. The Morgan fingerprint density at radius 2 is 1.59 bits per heavy atom. The average Bonchev–Trinajstić information content (AvgIpc) is 2.83. The van der Waals surface area contributed by atoms with Crippen LogP contribution in [-0.4, -0.2) is 53.4 Å². The van der Waals surface area contributed by atoms with Crippen molar-refractivity contribution < 1.29 is 38.2 Å². The van der Waals surface area contributed by atoms with E-state index in [0.29, 0.717) is 5.06 Å². The van der Waals surface area contributed by atoms with E-state index < -0.39 is 48.4 Å². The van der Waals surface area contributed by atoms with E-state index in [-0.39, 0.29) is 17.5 Å². The van der Waals surface area contributed by atoms with Crippen molar-refractivity contribution in [3.8, 4) is 0 Å². The summed E-state index contributed by atoms with van der Waals surface area (Å²) in [6.45, 7) is 4.08. The summed E-state index contributed by atoms with van der Waals surface area (Å²) in [7, 11) is 0. The molecule has 0 aromatic heterocycles. The number of hydrogen-bond donors (Lipinski definition) is 0. The van der Waals surface area contributed by atoms with Crippen molar-refractivity contribution in [3.63, 3.8) is 0 Å². The smallest absolute Gasteiger partial charge is 0.303 e. The van der Waals surface area contributed by atoms with Gasteiger partial charge >= 0.3 is 11.9 Å². The number of carbonyl (C=O) groups is 4. The van der Waals surface area contributed by atoms with Crippen LogP contribution in [0.4, 0.5) is 0 Å². The molecule has 2 amide bonds. The van der Waals surface area contributed by atoms with Crippen LogP contribution in [0.5, 0.6) is 0 Å². The molecule has 0 bridgehead atoms. The Kier molecular flexibility index (Phi) is 5.24. The van der Waals surface area contributed by atoms with Gasteiger partial charge in [0.25, 0.3) is 11.8 Å². The van der Waals surface area contributed by atoms with Gasteiger partial charge in [-0.15, -0.1) is 5.06 Å². The van der Waals surface area contributed by atoms with Gasteiger partial charge in [0.05, 0.1) is 17.2 Å². The molecule has 1 saturated heterocycles. The highest BCUT2D eigenvalue weighted by atomic mass is 16.8. The lowest BCUT2D eigenvalue weighted by atomic mass is 10.0. The van der Waals surface area contributed by atoms with Crippen LogP contribution in [0.1, 0.15) is 47.9 Å². The van der Waals surface area contributed by atoms with Crippen LogP contribution in [0.15, 0.2) is 24.3 Å². The number of rotatable bonds is 4. The van der Waals surface area contributed by atoms with Crippen molar-refractivity contribution in [2.24, 2.45) is 0 Å². The molecule has 0 N–H and O–H groups in total. The fourth-order valence-electron chi connectivity index (χ4n) is 3.14. The molecule has 0 saturated carbocycles. The molecule has 144 valence electrons. The van der Waals surface area contributed by atoms with Gasteiger partial charge in [0.15, 0.2) is 12.4 Å². The fraction of sp³-hybridized carbons (Fsp3) is 0.444. The first-order valence-electron chi connectivity index (χ1n) is 8.42. The Morgan fingerprint density at radius 1 is 1.04 bits per heavy atom. The lowest BCUT2D eigenvalue weighted by molar-refractivity contribution is -0.298. The zero-order valence-electron chi connectivity index (χ0n) is 15.0. The standard InChI is InChI=1S/C18H19NO8/c1-9-16(26-11(3)21)14(25-10(2)20)8-15(24-9)27-19-17(22)12-6-4-5-7-13(12)18(19)23/h4-7,9,14-16H,8H2,1-3H3/t9-,14-,15?,16+/m0/s1. The van der Waals surface area contributed by atoms with Crippen LogP contribution in [-0.2, 0) is 28.6 Å². The normalized spacial score (nSPS) is 27.3. The average molecular weight is 377 g/mol. The van der Waals surface area contributed by atoms with Gasteiger partial charge in [0.2, 0.25) is 0 Å². The molecule has 9 nitrogen and oxygen atoms in total. The first-order valence-corrected chi connectivity index (χ1v) is 8.42. The highest BCUT2D eigenvalue weighted by molar-refractivity contribution is 6.20. The van der Waals surface area contributed by atoms with E-state index in [1.165, 1.54) is 26.0 Å². The molecule has 2 heterocycles. The van der Waals surface area contributed by atoms with Crippen LogP contribution in [0.3, 0.4) is 0 Å². The van der Waals surface area contributed by atoms with Gasteiger partial charge < -0.3 is 14.2 Å². The zero-order chi connectivity index (χ0) is 19.7. The van der Waals surface area contributed by atoms with Crippen molar-refractivity contribution >= 4 is 23.8 Å². The monoisotopic (exact) mass is 377 g/mol. The molecule has 0 radical (unpaired) electrons. The summed E-state index contributed by atoms with van der Waals surface area (Å²) in [5, 5.41) is 0.638. The lowest BCUT2D eigenvalue weighted by Gasteiger charge is -2.39. The summed E-state index contributed by atoms with van der Waals surface area (Å²) in [5.41, 5.74) is 0.473. The van der Waals surface area contributed by atoms with Crippen LogP contribution in [0.2, 0.25) is 0 Å². The van der Waals surface area contributed by atoms with E-state index in [4.69, 9.17) is 19.0 Å². The molecule has 0 spiro atoms. The van der Waals surface area contributed by atoms with Gasteiger partial charge in [0.1, 0.15) is 6.10 Å². The van der Waals surface area contributed by atoms with Gasteiger partial charge in [-0.25, -0.2) is 4.84 Å². The molecule has 3 rings (SSSR count). The predicted molar refractivity (Wildman–Crippen MR) is 88.1 cm³/mol. The van der Waals surface area contributed by atoms with E-state index in [1.54, 1.807) is 19.1 Å². The first kappa shape index (κ1) is 19.0. The minimum absolute atomic E-state index is 0.0186. The number of hydroxylamine groups is 2. The van der Waals surface area contributed by atoms with Crippen molar-refractivity contribution in [1.82, 2.24) is 5.06 Å². The lowest BCUT2D eigenvalue weighted by Crippen LogP contribution is -2.52. The molecular weight excluding hydrogens is 358 g/mol. The minimum Gasteiger partial charge on any atom is -0.458 e. The van der Waals surface area contributed by atoms with Crippen molar-refractivity contribution in [1.29, 1.82) is 0 Å². The molecule has 27 heavy (non-hydrogen) atoms. The number of hydrogen-bond acceptors (Lipinski definition) is 8. The molecule has 1 unspecified atom stereocenters. The number of esters is 2. The summed E-state index contributed by atoms with van der Waals surface area (Å²) >= 11 is 0. The second-order valence-corrected chi connectivity index (χ2v) is 6.28. The summed E-state index contributed by atoms with van der Waals surface area (Å²) in [6.07, 6.45) is -3.41. The molecule has 2 aliphatic rings. The number of nitrogens with zero attached hydrogens (tertiary/aromatic N) is 1. The summed E-state index contributed by atoms with van der Waals surface area (Å²) in [6, 6.07) is 6.35. The van der Waals surface area contributed by atoms with E-state index in [2.05, 4.69) is 0 Å². The largest absolute Gasteiger partial charge is 0.458 e. The number of benzene rings is 1. The molecule has 1 aromatic rings. The van der Waals surface area contributed by atoms with Crippen LogP contribution >= 0.6 is 0 Å². The van der Waals surface area contributed by atoms with Crippen LogP contribution in [0, 0.1) is 0 Å². The maximum Gasteiger partial charge on any atom is 0.303 e. The van der Waals surface area contributed by atoms with Gasteiger partial charge in [0, 0.05) is 20.3 Å². The molecule has 9 heteroatoms. The molecule has 1 fully saturated rings. The van der Waals surface area contributed by atoms with E-state index in [9.17, 15) is 19.2 Å². The third kappa shape index (κ3) is 3.83. The molecular formula is C18H19NO8. The van der Waals surface area contributed by atoms with Crippen LogP contribution < -0.4 is 0 Å². The van der Waals surface area contributed by atoms with E-state index in [1.807, 2.05) is 0 Å². The van der Waals surface area contributed by atoms with E-state index in [0.717, 1.165) is 0 Å². The first-order chi connectivity index (χ1) is 12.8. The fourth-order valence-corrected chi connectivity index (χ4v) is 3.14. The zero-order valence-corrected chi connectivity index (χ0v) is 15.0. The topological polar surface area (TPSA) is 108 Å². The Labute approximate surface area is 155 Å². The van der Waals surface area contributed by atoms with Crippen LogP contribution in [0.25, 0.3) is 0 Å². The number of fused-ring (bicyclic) bond motifs is 1. The number of carbonyl (C=O) groups excluding carboxylic acids is 4. The Balaban J connectivity index is 1.75. The van der Waals surface area contributed by atoms with Crippen molar-refractivity contribution in [3.05, 3.63) is 35.4 Å². The summed E-state index contributed by atoms with van der Waals surface area (Å²) < 4.78 is 16.0. The van der Waals surface area contributed by atoms with Gasteiger partial charge in [-0.3, -0.25) is 19.2 Å². The summed E-state index contributed by atoms with van der Waals surface area (Å²) in [5.74, 6) is -2.31. The third-order valence-electron chi connectivity index (χ3n) is 4.22. The Morgan fingerprint density at radius 3 is 2.11 bits per heavy atom. The molecule has 2 aliphatic heterocycles. The van der Waals surface area contributed by atoms with Crippen molar-refractivity contribution in [2.45, 2.75) is 51.8 Å². The third-order valence-corrected chi connectivity index (χ3v) is 4.22. The Bertz CT molecular complexity index is 756. The minimum atomic E-state index is -1.04. The predicted octanol–water partition coefficient (Wildman–Crippen LogP) is 1.21. The van der Waals surface area contributed by atoms with Gasteiger partial charge in [-0.2, -0.15) is 0 Å². The highest BCUT2D eigenvalue weighted by Gasteiger charge is 2.45.